The molecule has 166 valence electrons. The molecule has 0 bridgehead atoms. The number of amidine groups is 1. The lowest BCUT2D eigenvalue weighted by atomic mass is 10.2. The summed E-state index contributed by atoms with van der Waals surface area (Å²) in [6.07, 6.45) is 0. The summed E-state index contributed by atoms with van der Waals surface area (Å²) in [5, 5.41) is 2.27. The number of amides is 1. The van der Waals surface area contributed by atoms with E-state index in [0.717, 1.165) is 27.0 Å². The van der Waals surface area contributed by atoms with E-state index in [9.17, 15) is 4.79 Å². The predicted molar refractivity (Wildman–Crippen MR) is 139 cm³/mol. The second kappa shape index (κ2) is 8.99. The molecule has 0 aromatic heterocycles. The van der Waals surface area contributed by atoms with Gasteiger partial charge in [0.25, 0.3) is 5.91 Å². The van der Waals surface area contributed by atoms with Crippen molar-refractivity contribution < 1.29 is 9.53 Å². The van der Waals surface area contributed by atoms with Crippen LogP contribution in [-0.4, -0.2) is 25.2 Å². The van der Waals surface area contributed by atoms with Crippen LogP contribution in [0.5, 0.6) is 5.75 Å². The average molecular weight is 514 g/mol. The second-order valence-corrected chi connectivity index (χ2v) is 10.0. The quantitative estimate of drug-likeness (QED) is 0.347. The molecule has 1 saturated heterocycles. The van der Waals surface area contributed by atoms with E-state index >= 15 is 0 Å². The fourth-order valence-electron chi connectivity index (χ4n) is 3.50. The molecule has 5 nitrogen and oxygen atoms in total. The van der Waals surface area contributed by atoms with Crippen molar-refractivity contribution in [3.63, 3.8) is 0 Å². The van der Waals surface area contributed by atoms with Crippen LogP contribution in [0.15, 0.2) is 86.6 Å². The van der Waals surface area contributed by atoms with Crippen LogP contribution < -0.4 is 14.5 Å². The van der Waals surface area contributed by atoms with Crippen molar-refractivity contribution in [2.45, 2.75) is 4.90 Å². The van der Waals surface area contributed by atoms with Crippen molar-refractivity contribution in [3.8, 4) is 5.75 Å². The monoisotopic (exact) mass is 513 g/mol. The van der Waals surface area contributed by atoms with E-state index < -0.39 is 0 Å². The first-order valence-electron chi connectivity index (χ1n) is 9.91. The van der Waals surface area contributed by atoms with Crippen molar-refractivity contribution in [2.24, 2.45) is 4.99 Å². The number of ether oxygens (including phenoxy) is 1. The van der Waals surface area contributed by atoms with Crippen LogP contribution in [0.3, 0.4) is 0 Å². The molecule has 33 heavy (non-hydrogen) atoms. The Hall–Kier alpha value is -2.58. The summed E-state index contributed by atoms with van der Waals surface area (Å²) in [5.41, 5.74) is 2.36. The Labute approximate surface area is 210 Å². The summed E-state index contributed by atoms with van der Waals surface area (Å²) in [6, 6.07) is 20.5. The molecule has 9 heteroatoms. The molecule has 0 unspecified atom stereocenters. The van der Waals surface area contributed by atoms with Gasteiger partial charge < -0.3 is 9.64 Å². The number of methoxy groups -OCH3 is 1. The largest absolute Gasteiger partial charge is 0.497 e. The third-order valence-electron chi connectivity index (χ3n) is 5.16. The van der Waals surface area contributed by atoms with E-state index in [4.69, 9.17) is 32.9 Å². The number of carbonyl (C=O) groups is 1. The lowest BCUT2D eigenvalue weighted by Crippen LogP contribution is -2.29. The van der Waals surface area contributed by atoms with Crippen LogP contribution in [0.2, 0.25) is 10.0 Å². The third kappa shape index (κ3) is 4.10. The topological polar surface area (TPSA) is 45.1 Å². The number of fused-ring (bicyclic) bond motifs is 1. The number of benzene rings is 3. The SMILES string of the molecule is COc1ccc2c(c1)N(C)/C(=C1/SC(=Nc3ccc(Cl)c(Cl)c3)N(c3ccccc3)C1=O)S2. The molecule has 3 aromatic carbocycles. The van der Waals surface area contributed by atoms with E-state index in [-0.39, 0.29) is 5.91 Å². The van der Waals surface area contributed by atoms with Crippen LogP contribution in [0, 0.1) is 0 Å². The second-order valence-electron chi connectivity index (χ2n) is 7.20. The van der Waals surface area contributed by atoms with E-state index in [1.807, 2.05) is 60.5 Å². The van der Waals surface area contributed by atoms with Gasteiger partial charge in [-0.15, -0.1) is 0 Å². The van der Waals surface area contributed by atoms with Gasteiger partial charge in [-0.3, -0.25) is 9.69 Å². The van der Waals surface area contributed by atoms with E-state index in [0.29, 0.717) is 25.8 Å². The van der Waals surface area contributed by atoms with E-state index in [1.165, 1.54) is 11.8 Å². The molecule has 2 aliphatic rings. The molecule has 2 heterocycles. The highest BCUT2D eigenvalue weighted by molar-refractivity contribution is 8.20. The summed E-state index contributed by atoms with van der Waals surface area (Å²) in [5.74, 6) is 0.643. The normalized spacial score (nSPS) is 18.9. The number of hydrogen-bond acceptors (Lipinski definition) is 6. The van der Waals surface area contributed by atoms with Gasteiger partial charge in [-0.25, -0.2) is 4.99 Å². The van der Waals surface area contributed by atoms with Crippen molar-refractivity contribution in [1.29, 1.82) is 0 Å². The fraction of sp³-hybridized carbons (Fsp3) is 0.0833. The first kappa shape index (κ1) is 22.2. The predicted octanol–water partition coefficient (Wildman–Crippen LogP) is 7.18. The van der Waals surface area contributed by atoms with Gasteiger partial charge in [-0.05, 0) is 54.2 Å². The summed E-state index contributed by atoms with van der Waals surface area (Å²) < 4.78 is 5.37. The molecular formula is C24H17Cl2N3O2S2. The number of nitrogens with zero attached hydrogens (tertiary/aromatic N) is 3. The summed E-state index contributed by atoms with van der Waals surface area (Å²) in [7, 11) is 3.60. The molecule has 0 saturated carbocycles. The van der Waals surface area contributed by atoms with Crippen LogP contribution >= 0.6 is 46.7 Å². The number of halogens is 2. The molecule has 0 aliphatic carbocycles. The number of aliphatic imine (C=N–C) groups is 1. The highest BCUT2D eigenvalue weighted by Gasteiger charge is 2.40. The van der Waals surface area contributed by atoms with Gasteiger partial charge in [0, 0.05) is 18.0 Å². The molecule has 1 fully saturated rings. The first-order chi connectivity index (χ1) is 16.0. The molecule has 0 N–H and O–H groups in total. The zero-order valence-corrected chi connectivity index (χ0v) is 20.7. The maximum absolute atomic E-state index is 13.7. The van der Waals surface area contributed by atoms with Gasteiger partial charge in [0.15, 0.2) is 5.17 Å². The lowest BCUT2D eigenvalue weighted by molar-refractivity contribution is -0.113. The maximum atomic E-state index is 13.7. The third-order valence-corrected chi connectivity index (χ3v) is 8.29. The van der Waals surface area contributed by atoms with Gasteiger partial charge in [0.05, 0.1) is 39.2 Å². The Kier molecular flexibility index (Phi) is 6.05. The Morgan fingerprint density at radius 3 is 2.45 bits per heavy atom. The van der Waals surface area contributed by atoms with Crippen LogP contribution in [0.4, 0.5) is 17.1 Å². The Morgan fingerprint density at radius 2 is 1.73 bits per heavy atom. The molecule has 1 amide bonds. The number of carbonyl (C=O) groups excluding carboxylic acids is 1. The number of para-hydroxylation sites is 1. The number of anilines is 2. The molecule has 0 atom stereocenters. The molecule has 0 spiro atoms. The van der Waals surface area contributed by atoms with Crippen molar-refractivity contribution in [2.75, 3.05) is 24.0 Å². The highest BCUT2D eigenvalue weighted by atomic mass is 35.5. The maximum Gasteiger partial charge on any atom is 0.274 e. The van der Waals surface area contributed by atoms with Gasteiger partial charge in [0.1, 0.15) is 10.7 Å². The summed E-state index contributed by atoms with van der Waals surface area (Å²) in [6.45, 7) is 0. The molecular weight excluding hydrogens is 497 g/mol. The minimum atomic E-state index is -0.126. The minimum Gasteiger partial charge on any atom is -0.497 e. The van der Waals surface area contributed by atoms with Crippen molar-refractivity contribution >= 4 is 74.9 Å². The minimum absolute atomic E-state index is 0.126. The van der Waals surface area contributed by atoms with Gasteiger partial charge in [-0.2, -0.15) is 0 Å². The summed E-state index contributed by atoms with van der Waals surface area (Å²) >= 11 is 15.2. The highest BCUT2D eigenvalue weighted by Crippen LogP contribution is 2.51. The standard InChI is InChI=1S/C24H17Cl2N3O2S2/c1-28-19-13-16(31-2)9-11-20(19)32-23(28)21-22(30)29(15-6-4-3-5-7-15)24(33-21)27-14-8-10-17(25)18(26)12-14/h3-13H,1-2H3/b23-21-,27-24?. The van der Waals surface area contributed by atoms with Crippen LogP contribution in [0.1, 0.15) is 0 Å². The first-order valence-corrected chi connectivity index (χ1v) is 12.3. The summed E-state index contributed by atoms with van der Waals surface area (Å²) in [4.78, 5) is 23.8. The van der Waals surface area contributed by atoms with Crippen molar-refractivity contribution in [1.82, 2.24) is 0 Å². The average Bonchev–Trinajstić information content (AvgIpc) is 3.32. The van der Waals surface area contributed by atoms with E-state index in [1.54, 1.807) is 42.0 Å². The smallest absolute Gasteiger partial charge is 0.274 e. The molecule has 3 aromatic rings. The number of rotatable bonds is 3. The van der Waals surface area contributed by atoms with E-state index in [2.05, 4.69) is 0 Å². The zero-order chi connectivity index (χ0) is 23.1. The Bertz CT molecular complexity index is 1330. The van der Waals surface area contributed by atoms with Gasteiger partial charge >= 0.3 is 0 Å². The van der Waals surface area contributed by atoms with Crippen LogP contribution in [-0.2, 0) is 4.79 Å². The lowest BCUT2D eigenvalue weighted by Gasteiger charge is -2.17. The van der Waals surface area contributed by atoms with Crippen LogP contribution in [0.25, 0.3) is 0 Å². The number of hydrogen-bond donors (Lipinski definition) is 0. The molecule has 0 radical (unpaired) electrons. The van der Waals surface area contributed by atoms with Crippen molar-refractivity contribution in [3.05, 3.63) is 86.7 Å². The zero-order valence-electron chi connectivity index (χ0n) is 17.6. The van der Waals surface area contributed by atoms with Gasteiger partial charge in [-0.1, -0.05) is 53.2 Å². The Morgan fingerprint density at radius 1 is 0.939 bits per heavy atom. The Balaban J connectivity index is 1.60. The molecule has 2 aliphatic heterocycles. The fourth-order valence-corrected chi connectivity index (χ4v) is 6.12. The molecule has 5 rings (SSSR count). The van der Waals surface area contributed by atoms with Gasteiger partial charge in [0.2, 0.25) is 0 Å². The number of thioether (sulfide) groups is 2.